The van der Waals surface area contributed by atoms with Crippen molar-refractivity contribution in [3.63, 3.8) is 0 Å². The molecule has 2 aromatic rings. The molecule has 4 rings (SSSR count). The zero-order valence-electron chi connectivity index (χ0n) is 18.3. The van der Waals surface area contributed by atoms with Gasteiger partial charge in [-0.15, -0.1) is 0 Å². The lowest BCUT2D eigenvalue weighted by Crippen LogP contribution is -2.22. The third-order valence-corrected chi connectivity index (χ3v) is 7.09. The number of carbonyl (C=O) groups is 1. The minimum Gasteiger partial charge on any atom is -0.492 e. The SMILES string of the molecule is CC1N=C(c2ccc(C(F)(F)F)cc2)SC1COc1ccc([C@H](CC(=O)O)C2=NOCC2)cc1. The standard InChI is InChI=1S/C24H23F3N2O4S/c1-14-21(34-23(28-14)16-2-6-17(7-3-16)24(25,26)27)13-32-18-8-4-15(5-9-18)19(12-22(30)31)20-10-11-33-29-20/h2-9,14,19,21H,10-13H2,1H3,(H,30,31)/t14?,19-,21?/m0/s1. The van der Waals surface area contributed by atoms with Crippen molar-refractivity contribution >= 4 is 28.5 Å². The second-order valence-electron chi connectivity index (χ2n) is 8.10. The van der Waals surface area contributed by atoms with Gasteiger partial charge in [0.1, 0.15) is 19.0 Å². The minimum absolute atomic E-state index is 0.0155. The zero-order chi connectivity index (χ0) is 24.3. The van der Waals surface area contributed by atoms with Gasteiger partial charge in [-0.25, -0.2) is 0 Å². The van der Waals surface area contributed by atoms with Crippen LogP contribution in [-0.2, 0) is 15.8 Å². The molecule has 0 bridgehead atoms. The molecule has 2 heterocycles. The van der Waals surface area contributed by atoms with Gasteiger partial charge in [0.25, 0.3) is 0 Å². The molecule has 0 radical (unpaired) electrons. The summed E-state index contributed by atoms with van der Waals surface area (Å²) in [5.74, 6) is -0.617. The van der Waals surface area contributed by atoms with Gasteiger partial charge < -0.3 is 14.7 Å². The van der Waals surface area contributed by atoms with Gasteiger partial charge in [-0.1, -0.05) is 41.2 Å². The Hall–Kier alpha value is -3.01. The number of oxime groups is 1. The topological polar surface area (TPSA) is 80.5 Å². The highest BCUT2D eigenvalue weighted by atomic mass is 32.2. The third-order valence-electron chi connectivity index (χ3n) is 5.69. The maximum atomic E-state index is 12.8. The van der Waals surface area contributed by atoms with E-state index in [4.69, 9.17) is 9.57 Å². The van der Waals surface area contributed by atoms with Crippen LogP contribution in [0.5, 0.6) is 5.75 Å². The van der Waals surface area contributed by atoms with Gasteiger partial charge in [-0.3, -0.25) is 9.79 Å². The molecule has 0 aromatic heterocycles. The summed E-state index contributed by atoms with van der Waals surface area (Å²) >= 11 is 1.49. The Balaban J connectivity index is 1.35. The molecule has 3 atom stereocenters. The molecule has 0 amide bonds. The number of carboxylic acid groups (broad SMARTS) is 1. The summed E-state index contributed by atoms with van der Waals surface area (Å²) < 4.78 is 44.3. The van der Waals surface area contributed by atoms with E-state index in [0.29, 0.717) is 36.0 Å². The molecule has 2 aliphatic heterocycles. The molecule has 0 saturated carbocycles. The molecular formula is C24H23F3N2O4S. The summed E-state index contributed by atoms with van der Waals surface area (Å²) in [4.78, 5) is 20.9. The van der Waals surface area contributed by atoms with Crippen LogP contribution in [-0.4, -0.2) is 46.3 Å². The van der Waals surface area contributed by atoms with Crippen molar-refractivity contribution in [1.29, 1.82) is 0 Å². The van der Waals surface area contributed by atoms with Crippen LogP contribution in [0.15, 0.2) is 58.7 Å². The van der Waals surface area contributed by atoms with Gasteiger partial charge in [0.2, 0.25) is 0 Å². The van der Waals surface area contributed by atoms with Crippen molar-refractivity contribution in [2.24, 2.45) is 10.1 Å². The van der Waals surface area contributed by atoms with E-state index in [0.717, 1.165) is 23.4 Å². The first-order chi connectivity index (χ1) is 16.2. The van der Waals surface area contributed by atoms with E-state index in [1.54, 1.807) is 12.1 Å². The second kappa shape index (κ2) is 10.1. The maximum absolute atomic E-state index is 12.8. The van der Waals surface area contributed by atoms with Crippen molar-refractivity contribution < 1.29 is 32.6 Å². The molecular weight excluding hydrogens is 469 g/mol. The molecule has 0 fully saturated rings. The number of halogens is 3. The van der Waals surface area contributed by atoms with E-state index in [1.807, 2.05) is 19.1 Å². The van der Waals surface area contributed by atoms with Gasteiger partial charge in [0.15, 0.2) is 0 Å². The number of alkyl halides is 3. The van der Waals surface area contributed by atoms with Crippen LogP contribution in [0.4, 0.5) is 13.2 Å². The number of hydrogen-bond donors (Lipinski definition) is 1. The number of hydrogen-bond acceptors (Lipinski definition) is 6. The largest absolute Gasteiger partial charge is 0.492 e. The third kappa shape index (κ3) is 5.72. The van der Waals surface area contributed by atoms with Gasteiger partial charge in [-0.05, 0) is 36.8 Å². The zero-order valence-corrected chi connectivity index (χ0v) is 19.1. The van der Waals surface area contributed by atoms with Gasteiger partial charge >= 0.3 is 12.1 Å². The lowest BCUT2D eigenvalue weighted by Gasteiger charge is -2.17. The van der Waals surface area contributed by atoms with Crippen LogP contribution in [0.3, 0.4) is 0 Å². The smallest absolute Gasteiger partial charge is 0.416 e. The van der Waals surface area contributed by atoms with E-state index in [-0.39, 0.29) is 23.6 Å². The average Bonchev–Trinajstić information content (AvgIpc) is 3.46. The highest BCUT2D eigenvalue weighted by Crippen LogP contribution is 2.34. The summed E-state index contributed by atoms with van der Waals surface area (Å²) in [6.45, 7) is 2.78. The molecule has 0 spiro atoms. The highest BCUT2D eigenvalue weighted by Gasteiger charge is 2.32. The molecule has 34 heavy (non-hydrogen) atoms. The number of aliphatic carboxylic acids is 1. The first-order valence-electron chi connectivity index (χ1n) is 10.8. The van der Waals surface area contributed by atoms with Crippen molar-refractivity contribution in [1.82, 2.24) is 0 Å². The predicted molar refractivity (Wildman–Crippen MR) is 124 cm³/mol. The second-order valence-corrected chi connectivity index (χ2v) is 9.33. The number of benzene rings is 2. The summed E-state index contributed by atoms with van der Waals surface area (Å²) in [6, 6.07) is 12.2. The Bertz CT molecular complexity index is 1080. The number of nitrogens with zero attached hydrogens (tertiary/aromatic N) is 2. The Morgan fingerprint density at radius 1 is 1.21 bits per heavy atom. The Kier molecular flexibility index (Phi) is 7.16. The van der Waals surface area contributed by atoms with Crippen LogP contribution in [0.2, 0.25) is 0 Å². The molecule has 0 aliphatic carbocycles. The maximum Gasteiger partial charge on any atom is 0.416 e. The van der Waals surface area contributed by atoms with E-state index < -0.39 is 17.7 Å². The van der Waals surface area contributed by atoms with Crippen molar-refractivity contribution in [3.8, 4) is 5.75 Å². The summed E-state index contributed by atoms with van der Waals surface area (Å²) in [5, 5.41) is 14.0. The number of carboxylic acids is 1. The fraction of sp³-hybridized carbons (Fsp3) is 0.375. The van der Waals surface area contributed by atoms with E-state index in [2.05, 4.69) is 10.1 Å². The summed E-state index contributed by atoms with van der Waals surface area (Å²) in [5.41, 5.74) is 1.52. The normalized spacial score (nSPS) is 20.9. The van der Waals surface area contributed by atoms with Gasteiger partial charge in [0.05, 0.1) is 34.0 Å². The van der Waals surface area contributed by atoms with Crippen LogP contribution >= 0.6 is 11.8 Å². The first-order valence-corrected chi connectivity index (χ1v) is 11.6. The summed E-state index contributed by atoms with van der Waals surface area (Å²) in [6.07, 6.45) is -3.83. The van der Waals surface area contributed by atoms with E-state index in [1.165, 1.54) is 23.9 Å². The van der Waals surface area contributed by atoms with Gasteiger partial charge in [0, 0.05) is 17.9 Å². The molecule has 6 nitrogen and oxygen atoms in total. The fourth-order valence-corrected chi connectivity index (χ4v) is 4.98. The van der Waals surface area contributed by atoms with Crippen LogP contribution in [0, 0.1) is 0 Å². The van der Waals surface area contributed by atoms with E-state index >= 15 is 0 Å². The number of ether oxygens (including phenoxy) is 1. The molecule has 2 aliphatic rings. The van der Waals surface area contributed by atoms with Crippen LogP contribution in [0.25, 0.3) is 0 Å². The van der Waals surface area contributed by atoms with E-state index in [9.17, 15) is 23.1 Å². The molecule has 1 N–H and O–H groups in total. The minimum atomic E-state index is -4.37. The molecule has 180 valence electrons. The van der Waals surface area contributed by atoms with Crippen LogP contribution < -0.4 is 4.74 Å². The fourth-order valence-electron chi connectivity index (χ4n) is 3.80. The molecule has 2 unspecified atom stereocenters. The lowest BCUT2D eigenvalue weighted by atomic mass is 9.89. The monoisotopic (exact) mass is 492 g/mol. The van der Waals surface area contributed by atoms with Crippen molar-refractivity contribution in [2.45, 2.75) is 43.2 Å². The lowest BCUT2D eigenvalue weighted by molar-refractivity contribution is -0.138. The predicted octanol–water partition coefficient (Wildman–Crippen LogP) is 5.37. The molecule has 2 aromatic carbocycles. The number of rotatable bonds is 8. The molecule has 0 saturated heterocycles. The first kappa shape index (κ1) is 24.1. The Morgan fingerprint density at radius 3 is 2.50 bits per heavy atom. The number of thioether (sulfide) groups is 1. The number of aliphatic imine (C=N–C) groups is 1. The van der Waals surface area contributed by atoms with Crippen molar-refractivity contribution in [2.75, 3.05) is 13.2 Å². The average molecular weight is 493 g/mol. The summed E-state index contributed by atoms with van der Waals surface area (Å²) in [7, 11) is 0. The van der Waals surface area contributed by atoms with Gasteiger partial charge in [-0.2, -0.15) is 13.2 Å². The molecule has 10 heteroatoms. The van der Waals surface area contributed by atoms with Crippen LogP contribution in [0.1, 0.15) is 42.4 Å². The Morgan fingerprint density at radius 2 is 1.91 bits per heavy atom. The Labute approximate surface area is 198 Å². The van der Waals surface area contributed by atoms with Crippen molar-refractivity contribution in [3.05, 3.63) is 65.2 Å². The highest BCUT2D eigenvalue weighted by molar-refractivity contribution is 8.15. The quantitative estimate of drug-likeness (QED) is 0.536.